The molecule has 0 radical (unpaired) electrons. The Morgan fingerprint density at radius 2 is 1.68 bits per heavy atom. The van der Waals surface area contributed by atoms with Crippen LogP contribution in [0.25, 0.3) is 0 Å². The van der Waals surface area contributed by atoms with Crippen molar-refractivity contribution in [3.05, 3.63) is 36.9 Å². The summed E-state index contributed by atoms with van der Waals surface area (Å²) in [7, 11) is -3.68. The predicted molar refractivity (Wildman–Crippen MR) is 118 cm³/mol. The Labute approximate surface area is 184 Å². The summed E-state index contributed by atoms with van der Waals surface area (Å²) in [4.78, 5) is 24.2. The highest BCUT2D eigenvalue weighted by Gasteiger charge is 2.38. The third-order valence-electron chi connectivity index (χ3n) is 6.06. The van der Waals surface area contributed by atoms with Gasteiger partial charge in [-0.3, -0.25) is 9.59 Å². The number of nitrogens with zero attached hydrogens (tertiary/aromatic N) is 1. The Bertz CT molecular complexity index is 898. The molecule has 0 aromatic heterocycles. The molecule has 1 aromatic rings. The van der Waals surface area contributed by atoms with Crippen LogP contribution < -0.4 is 10.6 Å². The van der Waals surface area contributed by atoms with Gasteiger partial charge >= 0.3 is 0 Å². The van der Waals surface area contributed by atoms with E-state index in [2.05, 4.69) is 17.2 Å². The molecule has 2 heterocycles. The SMILES string of the molecule is C=CC(=O)NC1C(C)CN(S(=O)(=O)c2ccc(NC(=O)C3CCOCC3)cc2)CC1C. The van der Waals surface area contributed by atoms with E-state index in [-0.39, 0.29) is 40.5 Å². The van der Waals surface area contributed by atoms with E-state index in [1.54, 1.807) is 12.1 Å². The van der Waals surface area contributed by atoms with Gasteiger partial charge in [-0.25, -0.2) is 8.42 Å². The molecule has 2 aliphatic heterocycles. The fourth-order valence-corrected chi connectivity index (χ4v) is 5.91. The molecule has 3 rings (SSSR count). The topological polar surface area (TPSA) is 105 Å². The number of hydrogen-bond acceptors (Lipinski definition) is 5. The van der Waals surface area contributed by atoms with Crippen LogP contribution in [0, 0.1) is 17.8 Å². The number of carbonyl (C=O) groups excluding carboxylic acids is 2. The summed E-state index contributed by atoms with van der Waals surface area (Å²) >= 11 is 0. The van der Waals surface area contributed by atoms with Gasteiger partial charge < -0.3 is 15.4 Å². The highest BCUT2D eigenvalue weighted by atomic mass is 32.2. The third-order valence-corrected chi connectivity index (χ3v) is 7.90. The van der Waals surface area contributed by atoms with E-state index >= 15 is 0 Å². The van der Waals surface area contributed by atoms with Crippen molar-refractivity contribution in [1.82, 2.24) is 9.62 Å². The Morgan fingerprint density at radius 1 is 1.10 bits per heavy atom. The van der Waals surface area contributed by atoms with Crippen LogP contribution in [0.2, 0.25) is 0 Å². The fourth-order valence-electron chi connectivity index (χ4n) is 4.27. The second-order valence-electron chi connectivity index (χ2n) is 8.42. The van der Waals surface area contributed by atoms with Crippen molar-refractivity contribution in [1.29, 1.82) is 0 Å². The van der Waals surface area contributed by atoms with E-state index in [0.717, 1.165) is 0 Å². The average molecular weight is 450 g/mol. The number of piperidine rings is 1. The first kappa shape index (κ1) is 23.4. The van der Waals surface area contributed by atoms with Crippen molar-refractivity contribution in [2.24, 2.45) is 17.8 Å². The van der Waals surface area contributed by atoms with Crippen molar-refractivity contribution >= 4 is 27.5 Å². The van der Waals surface area contributed by atoms with Gasteiger partial charge in [-0.05, 0) is 55.0 Å². The zero-order valence-electron chi connectivity index (χ0n) is 18.0. The lowest BCUT2D eigenvalue weighted by atomic mass is 9.87. The third kappa shape index (κ3) is 5.53. The molecule has 0 aliphatic carbocycles. The zero-order chi connectivity index (χ0) is 22.6. The number of ether oxygens (including phenoxy) is 1. The molecule has 1 aromatic carbocycles. The molecule has 0 spiro atoms. The Balaban J connectivity index is 1.66. The number of amides is 2. The second-order valence-corrected chi connectivity index (χ2v) is 10.4. The van der Waals surface area contributed by atoms with E-state index in [1.807, 2.05) is 13.8 Å². The van der Waals surface area contributed by atoms with E-state index in [0.29, 0.717) is 44.8 Å². The van der Waals surface area contributed by atoms with Gasteiger partial charge in [0.15, 0.2) is 0 Å². The van der Waals surface area contributed by atoms with Crippen LogP contribution in [-0.2, 0) is 24.3 Å². The molecular weight excluding hydrogens is 418 g/mol. The maximum absolute atomic E-state index is 13.2. The van der Waals surface area contributed by atoms with Crippen molar-refractivity contribution in [3.63, 3.8) is 0 Å². The highest BCUT2D eigenvalue weighted by Crippen LogP contribution is 2.28. The van der Waals surface area contributed by atoms with Gasteiger partial charge in [-0.2, -0.15) is 4.31 Å². The minimum atomic E-state index is -3.68. The quantitative estimate of drug-likeness (QED) is 0.647. The molecule has 2 saturated heterocycles. The predicted octanol–water partition coefficient (Wildman–Crippen LogP) is 2.00. The summed E-state index contributed by atoms with van der Waals surface area (Å²) in [5.41, 5.74) is 0.572. The van der Waals surface area contributed by atoms with Gasteiger partial charge in [0.25, 0.3) is 0 Å². The van der Waals surface area contributed by atoms with Crippen LogP contribution in [0.4, 0.5) is 5.69 Å². The first-order valence-corrected chi connectivity index (χ1v) is 12.1. The number of benzene rings is 1. The molecular formula is C22H31N3O5S. The van der Waals surface area contributed by atoms with Gasteiger partial charge in [-0.15, -0.1) is 0 Å². The smallest absolute Gasteiger partial charge is 0.243 e. The normalized spacial score (nSPS) is 25.5. The molecule has 8 nitrogen and oxygen atoms in total. The van der Waals surface area contributed by atoms with Crippen molar-refractivity contribution < 1.29 is 22.7 Å². The lowest BCUT2D eigenvalue weighted by molar-refractivity contribution is -0.122. The molecule has 2 atom stereocenters. The van der Waals surface area contributed by atoms with Gasteiger partial charge in [0.2, 0.25) is 21.8 Å². The Morgan fingerprint density at radius 3 is 2.23 bits per heavy atom. The van der Waals surface area contributed by atoms with Crippen molar-refractivity contribution in [2.45, 2.75) is 37.6 Å². The van der Waals surface area contributed by atoms with E-state index in [9.17, 15) is 18.0 Å². The maximum atomic E-state index is 13.2. The van der Waals surface area contributed by atoms with Gasteiger partial charge in [0.1, 0.15) is 0 Å². The number of hydrogen-bond donors (Lipinski definition) is 2. The largest absolute Gasteiger partial charge is 0.381 e. The highest BCUT2D eigenvalue weighted by molar-refractivity contribution is 7.89. The van der Waals surface area contributed by atoms with E-state index in [4.69, 9.17) is 4.74 Å². The molecule has 2 aliphatic rings. The number of rotatable bonds is 6. The van der Waals surface area contributed by atoms with Crippen LogP contribution in [0.3, 0.4) is 0 Å². The molecule has 170 valence electrons. The summed E-state index contributed by atoms with van der Waals surface area (Å²) < 4.78 is 33.1. The first-order valence-electron chi connectivity index (χ1n) is 10.6. The van der Waals surface area contributed by atoms with E-state index < -0.39 is 10.0 Å². The minimum Gasteiger partial charge on any atom is -0.381 e. The summed E-state index contributed by atoms with van der Waals surface area (Å²) in [6.45, 7) is 9.13. The number of carbonyl (C=O) groups is 2. The fraction of sp³-hybridized carbons (Fsp3) is 0.545. The maximum Gasteiger partial charge on any atom is 0.243 e. The van der Waals surface area contributed by atoms with Crippen molar-refractivity contribution in [3.8, 4) is 0 Å². The average Bonchev–Trinajstić information content (AvgIpc) is 2.76. The number of anilines is 1. The number of sulfonamides is 1. The standard InChI is InChI=1S/C22H31N3O5S/c1-4-20(26)24-21-15(2)13-25(14-16(21)3)31(28,29)19-7-5-18(6-8-19)23-22(27)17-9-11-30-12-10-17/h4-8,15-17,21H,1,9-14H2,2-3H3,(H,23,27)(H,24,26). The summed E-state index contributed by atoms with van der Waals surface area (Å²) in [5.74, 6) is -0.479. The van der Waals surface area contributed by atoms with Crippen LogP contribution >= 0.6 is 0 Å². The van der Waals surface area contributed by atoms with Gasteiger partial charge in [0.05, 0.1) is 4.90 Å². The van der Waals surface area contributed by atoms with E-state index in [1.165, 1.54) is 22.5 Å². The molecule has 31 heavy (non-hydrogen) atoms. The molecule has 0 bridgehead atoms. The molecule has 2 amide bonds. The molecule has 0 saturated carbocycles. The summed E-state index contributed by atoms with van der Waals surface area (Å²) in [6.07, 6.45) is 2.61. The molecule has 9 heteroatoms. The van der Waals surface area contributed by atoms with Crippen LogP contribution in [0.1, 0.15) is 26.7 Å². The van der Waals surface area contributed by atoms with Crippen LogP contribution in [0.5, 0.6) is 0 Å². The summed E-state index contributed by atoms with van der Waals surface area (Å²) in [6, 6.07) is 6.17. The summed E-state index contributed by atoms with van der Waals surface area (Å²) in [5, 5.41) is 5.77. The second kappa shape index (κ2) is 9.93. The lowest BCUT2D eigenvalue weighted by Gasteiger charge is -2.40. The molecule has 2 fully saturated rings. The number of nitrogens with one attached hydrogen (secondary N) is 2. The van der Waals surface area contributed by atoms with Gasteiger partial charge in [0, 0.05) is 44.0 Å². The van der Waals surface area contributed by atoms with Gasteiger partial charge in [-0.1, -0.05) is 20.4 Å². The van der Waals surface area contributed by atoms with Crippen LogP contribution in [0.15, 0.2) is 41.8 Å². The first-order chi connectivity index (χ1) is 14.7. The Hall–Kier alpha value is -2.23. The molecule has 2 N–H and O–H groups in total. The Kier molecular flexibility index (Phi) is 7.51. The monoisotopic (exact) mass is 449 g/mol. The lowest BCUT2D eigenvalue weighted by Crippen LogP contribution is -2.55. The zero-order valence-corrected chi connectivity index (χ0v) is 18.9. The van der Waals surface area contributed by atoms with Crippen LogP contribution in [-0.4, -0.2) is 56.9 Å². The minimum absolute atomic E-state index is 0.0412. The molecule has 2 unspecified atom stereocenters. The van der Waals surface area contributed by atoms with Crippen molar-refractivity contribution in [2.75, 3.05) is 31.6 Å².